The summed E-state index contributed by atoms with van der Waals surface area (Å²) in [4.78, 5) is 8.26. The number of guanidine groups is 1. The summed E-state index contributed by atoms with van der Waals surface area (Å²) in [6.07, 6.45) is 3.99. The number of thiophene rings is 1. The van der Waals surface area contributed by atoms with Crippen molar-refractivity contribution in [3.05, 3.63) is 76.2 Å². The minimum Gasteiger partial charge on any atom is -0.379 e. The molecule has 1 atom stereocenters. The molecule has 0 radical (unpaired) electrons. The van der Waals surface area contributed by atoms with Crippen LogP contribution in [0, 0.1) is 0 Å². The van der Waals surface area contributed by atoms with E-state index in [1.165, 1.54) is 10.4 Å². The zero-order chi connectivity index (χ0) is 21.3. The summed E-state index contributed by atoms with van der Waals surface area (Å²) in [6.45, 7) is 5.75. The van der Waals surface area contributed by atoms with Gasteiger partial charge in [-0.05, 0) is 17.0 Å². The van der Waals surface area contributed by atoms with Gasteiger partial charge in [0.15, 0.2) is 5.96 Å². The van der Waals surface area contributed by atoms with Crippen LogP contribution in [0.2, 0.25) is 0 Å². The van der Waals surface area contributed by atoms with Gasteiger partial charge in [-0.15, -0.1) is 35.3 Å². The molecule has 172 valence electrons. The molecule has 0 amide bonds. The summed E-state index contributed by atoms with van der Waals surface area (Å²) < 4.78 is 7.50. The van der Waals surface area contributed by atoms with Crippen molar-refractivity contribution in [3.8, 4) is 0 Å². The highest BCUT2D eigenvalue weighted by molar-refractivity contribution is 14.0. The number of benzene rings is 1. The van der Waals surface area contributed by atoms with Gasteiger partial charge in [-0.25, -0.2) is 0 Å². The molecule has 0 saturated carbocycles. The number of hydrogen-bond acceptors (Lipinski definition) is 5. The Hall–Kier alpha value is -1.95. The van der Waals surface area contributed by atoms with Crippen molar-refractivity contribution in [1.82, 2.24) is 25.3 Å². The van der Waals surface area contributed by atoms with Crippen LogP contribution in [0.3, 0.4) is 0 Å². The molecule has 1 aliphatic rings. The van der Waals surface area contributed by atoms with Gasteiger partial charge in [0, 0.05) is 49.9 Å². The number of morpholine rings is 1. The Morgan fingerprint density at radius 1 is 1.12 bits per heavy atom. The van der Waals surface area contributed by atoms with Gasteiger partial charge in [0.2, 0.25) is 0 Å². The molecule has 2 aromatic heterocycles. The summed E-state index contributed by atoms with van der Waals surface area (Å²) in [6, 6.07) is 15.0. The summed E-state index contributed by atoms with van der Waals surface area (Å²) in [5, 5.41) is 13.5. The summed E-state index contributed by atoms with van der Waals surface area (Å²) in [5.41, 5.74) is 2.37. The molecule has 4 rings (SSSR count). The van der Waals surface area contributed by atoms with Crippen molar-refractivity contribution >= 4 is 41.3 Å². The van der Waals surface area contributed by atoms with E-state index in [1.54, 1.807) is 11.3 Å². The third-order valence-corrected chi connectivity index (χ3v) is 6.35. The minimum absolute atomic E-state index is 0. The summed E-state index contributed by atoms with van der Waals surface area (Å²) in [5.74, 6) is 0.797. The van der Waals surface area contributed by atoms with Crippen molar-refractivity contribution in [2.75, 3.05) is 39.9 Å². The predicted octanol–water partition coefficient (Wildman–Crippen LogP) is 3.35. The number of aliphatic imine (C=N–C) groups is 1. The van der Waals surface area contributed by atoms with Crippen LogP contribution in [0.15, 0.2) is 65.2 Å². The fourth-order valence-electron chi connectivity index (χ4n) is 3.73. The van der Waals surface area contributed by atoms with E-state index in [4.69, 9.17) is 4.74 Å². The average Bonchev–Trinajstić information content (AvgIpc) is 3.50. The molecule has 0 spiro atoms. The third kappa shape index (κ3) is 7.03. The molecule has 1 unspecified atom stereocenters. The van der Waals surface area contributed by atoms with E-state index in [0.29, 0.717) is 12.6 Å². The van der Waals surface area contributed by atoms with Gasteiger partial charge in [0.05, 0.1) is 32.0 Å². The second-order valence-corrected chi connectivity index (χ2v) is 8.50. The Morgan fingerprint density at radius 2 is 1.94 bits per heavy atom. The Balaban J connectivity index is 0.00000289. The van der Waals surface area contributed by atoms with Crippen LogP contribution < -0.4 is 10.6 Å². The number of hydrogen-bond donors (Lipinski definition) is 2. The SMILES string of the molecule is CN=C(NCc1cnn(Cc2ccccc2)c1)NCC(c1cccs1)N1CCOCC1.I. The molecule has 0 aliphatic carbocycles. The van der Waals surface area contributed by atoms with E-state index in [2.05, 4.69) is 73.6 Å². The first-order valence-corrected chi connectivity index (χ1v) is 11.5. The molecule has 0 bridgehead atoms. The van der Waals surface area contributed by atoms with Gasteiger partial charge in [-0.3, -0.25) is 14.6 Å². The fraction of sp³-hybridized carbons (Fsp3) is 0.391. The second kappa shape index (κ2) is 12.9. The van der Waals surface area contributed by atoms with E-state index < -0.39 is 0 Å². The van der Waals surface area contributed by atoms with Crippen LogP contribution in [-0.4, -0.2) is 60.5 Å². The molecule has 1 aromatic carbocycles. The Kier molecular flexibility index (Phi) is 9.97. The van der Waals surface area contributed by atoms with Gasteiger partial charge >= 0.3 is 0 Å². The van der Waals surface area contributed by atoms with Crippen LogP contribution >= 0.6 is 35.3 Å². The molecular weight excluding hydrogens is 535 g/mol. The molecule has 1 aliphatic heterocycles. The van der Waals surface area contributed by atoms with Crippen LogP contribution in [0.25, 0.3) is 0 Å². The normalized spacial score (nSPS) is 15.7. The van der Waals surface area contributed by atoms with Gasteiger partial charge in [-0.1, -0.05) is 36.4 Å². The molecule has 7 nitrogen and oxygen atoms in total. The molecule has 32 heavy (non-hydrogen) atoms. The van der Waals surface area contributed by atoms with Crippen LogP contribution in [0.4, 0.5) is 0 Å². The first kappa shape index (κ1) is 24.7. The summed E-state index contributed by atoms with van der Waals surface area (Å²) >= 11 is 1.80. The van der Waals surface area contributed by atoms with E-state index >= 15 is 0 Å². The first-order chi connectivity index (χ1) is 15.3. The average molecular weight is 567 g/mol. The quantitative estimate of drug-likeness (QED) is 0.249. The lowest BCUT2D eigenvalue weighted by molar-refractivity contribution is 0.0177. The van der Waals surface area contributed by atoms with Crippen LogP contribution in [0.5, 0.6) is 0 Å². The van der Waals surface area contributed by atoms with Crippen LogP contribution in [0.1, 0.15) is 22.0 Å². The lowest BCUT2D eigenvalue weighted by Gasteiger charge is -2.34. The number of halogens is 1. The zero-order valence-corrected chi connectivity index (χ0v) is 21.5. The second-order valence-electron chi connectivity index (χ2n) is 7.52. The van der Waals surface area contributed by atoms with Crippen molar-refractivity contribution < 1.29 is 4.74 Å². The molecule has 2 N–H and O–H groups in total. The Labute approximate surface area is 210 Å². The third-order valence-electron chi connectivity index (χ3n) is 5.38. The highest BCUT2D eigenvalue weighted by atomic mass is 127. The van der Waals surface area contributed by atoms with Crippen LogP contribution in [-0.2, 0) is 17.8 Å². The maximum Gasteiger partial charge on any atom is 0.191 e. The predicted molar refractivity (Wildman–Crippen MR) is 141 cm³/mol. The summed E-state index contributed by atoms with van der Waals surface area (Å²) in [7, 11) is 1.81. The van der Waals surface area contributed by atoms with E-state index in [-0.39, 0.29) is 24.0 Å². The molecule has 3 heterocycles. The highest BCUT2D eigenvalue weighted by Gasteiger charge is 2.23. The van der Waals surface area contributed by atoms with Gasteiger partial charge in [0.25, 0.3) is 0 Å². The lowest BCUT2D eigenvalue weighted by atomic mass is 10.2. The van der Waals surface area contributed by atoms with Crippen molar-refractivity contribution in [1.29, 1.82) is 0 Å². The highest BCUT2D eigenvalue weighted by Crippen LogP contribution is 2.25. The maximum atomic E-state index is 5.54. The number of nitrogens with zero attached hydrogens (tertiary/aromatic N) is 4. The largest absolute Gasteiger partial charge is 0.379 e. The number of ether oxygens (including phenoxy) is 1. The molecule has 9 heteroatoms. The van der Waals surface area contributed by atoms with E-state index in [0.717, 1.165) is 50.9 Å². The van der Waals surface area contributed by atoms with Crippen molar-refractivity contribution in [3.63, 3.8) is 0 Å². The standard InChI is InChI=1S/C23H30N6OS.HI/c1-24-23(25-14-20-15-27-29(18-20)17-19-6-3-2-4-7-19)26-16-21(22-8-5-13-31-22)28-9-11-30-12-10-28;/h2-8,13,15,18,21H,9-12,14,16-17H2,1H3,(H2,24,25,26);1H. The number of nitrogens with one attached hydrogen (secondary N) is 2. The van der Waals surface area contributed by atoms with Crippen molar-refractivity contribution in [2.45, 2.75) is 19.1 Å². The van der Waals surface area contributed by atoms with E-state index in [1.807, 2.05) is 24.0 Å². The number of aromatic nitrogens is 2. The number of rotatable bonds is 8. The topological polar surface area (TPSA) is 66.7 Å². The van der Waals surface area contributed by atoms with Gasteiger partial charge < -0.3 is 15.4 Å². The fourth-order valence-corrected chi connectivity index (χ4v) is 4.59. The van der Waals surface area contributed by atoms with Gasteiger partial charge in [0.1, 0.15) is 0 Å². The Morgan fingerprint density at radius 3 is 2.66 bits per heavy atom. The maximum absolute atomic E-state index is 5.54. The molecule has 3 aromatic rings. The molecule has 1 saturated heterocycles. The van der Waals surface area contributed by atoms with Crippen molar-refractivity contribution in [2.24, 2.45) is 4.99 Å². The first-order valence-electron chi connectivity index (χ1n) is 10.7. The zero-order valence-electron chi connectivity index (χ0n) is 18.3. The Bertz CT molecular complexity index is 941. The smallest absolute Gasteiger partial charge is 0.191 e. The molecule has 1 fully saturated rings. The van der Waals surface area contributed by atoms with Gasteiger partial charge in [-0.2, -0.15) is 5.10 Å². The molecular formula is C23H31IN6OS. The monoisotopic (exact) mass is 566 g/mol. The lowest BCUT2D eigenvalue weighted by Crippen LogP contribution is -2.46. The van der Waals surface area contributed by atoms with E-state index in [9.17, 15) is 0 Å². The minimum atomic E-state index is 0.